The van der Waals surface area contributed by atoms with Crippen LogP contribution in [0.25, 0.3) is 0 Å². The summed E-state index contributed by atoms with van der Waals surface area (Å²) >= 11 is 1.38. The number of carbonyl (C=O) groups excluding carboxylic acids is 2. The normalized spacial score (nSPS) is 10.0. The number of aromatic nitrogens is 1. The van der Waals surface area contributed by atoms with Gasteiger partial charge in [-0.15, -0.1) is 11.3 Å². The number of ether oxygens (including phenoxy) is 1. The molecule has 0 saturated carbocycles. The highest BCUT2D eigenvalue weighted by molar-refractivity contribution is 7.07. The molecule has 5 nitrogen and oxygen atoms in total. The maximum Gasteiger partial charge on any atom is 0.307 e. The van der Waals surface area contributed by atoms with Crippen LogP contribution in [0.3, 0.4) is 0 Å². The minimum atomic E-state index is -0.281. The van der Waals surface area contributed by atoms with Gasteiger partial charge in [-0.25, -0.2) is 4.98 Å². The second kappa shape index (κ2) is 7.01. The zero-order chi connectivity index (χ0) is 12.7. The summed E-state index contributed by atoms with van der Waals surface area (Å²) in [5.41, 5.74) is 2.05. The molecule has 0 fully saturated rings. The highest BCUT2D eigenvalue weighted by Gasteiger charge is 2.16. The Bertz CT molecular complexity index is 365. The molecule has 1 rings (SSSR count). The lowest BCUT2D eigenvalue weighted by atomic mass is 10.3. The monoisotopic (exact) mass is 256 g/mol. The van der Waals surface area contributed by atoms with Crippen LogP contribution in [-0.2, 0) is 9.53 Å². The molecule has 1 amide bonds. The van der Waals surface area contributed by atoms with Crippen molar-refractivity contribution in [2.24, 2.45) is 0 Å². The van der Waals surface area contributed by atoms with E-state index in [-0.39, 0.29) is 18.3 Å². The Morgan fingerprint density at radius 3 is 2.76 bits per heavy atom. The minimum absolute atomic E-state index is 0.141. The van der Waals surface area contributed by atoms with Crippen LogP contribution in [0.5, 0.6) is 0 Å². The first-order valence-corrected chi connectivity index (χ1v) is 6.46. The van der Waals surface area contributed by atoms with Crippen LogP contribution in [0, 0.1) is 0 Å². The summed E-state index contributed by atoms with van der Waals surface area (Å²) in [5.74, 6) is -0.421. The fourth-order valence-corrected chi connectivity index (χ4v) is 1.87. The maximum atomic E-state index is 11.9. The molecule has 0 atom stereocenters. The summed E-state index contributed by atoms with van der Waals surface area (Å²) in [4.78, 5) is 28.7. The molecular formula is C11H16N2O3S. The first-order chi connectivity index (χ1) is 8.19. The molecule has 1 aromatic heterocycles. The third-order valence-electron chi connectivity index (χ3n) is 2.21. The van der Waals surface area contributed by atoms with Gasteiger partial charge in [-0.3, -0.25) is 9.59 Å². The molecule has 6 heteroatoms. The molecule has 0 spiro atoms. The van der Waals surface area contributed by atoms with Gasteiger partial charge >= 0.3 is 5.97 Å². The summed E-state index contributed by atoms with van der Waals surface area (Å²) in [7, 11) is 0. The lowest BCUT2D eigenvalue weighted by Gasteiger charge is -2.19. The van der Waals surface area contributed by atoms with Crippen LogP contribution in [0.2, 0.25) is 0 Å². The summed E-state index contributed by atoms with van der Waals surface area (Å²) in [6.07, 6.45) is 0.220. The van der Waals surface area contributed by atoms with Crippen LogP contribution in [0.4, 0.5) is 0 Å². The average molecular weight is 256 g/mol. The Kier molecular flexibility index (Phi) is 5.62. The van der Waals surface area contributed by atoms with Crippen molar-refractivity contribution in [3.63, 3.8) is 0 Å². The van der Waals surface area contributed by atoms with E-state index in [0.717, 1.165) is 0 Å². The summed E-state index contributed by atoms with van der Waals surface area (Å²) in [5, 5.41) is 1.70. The van der Waals surface area contributed by atoms with Gasteiger partial charge < -0.3 is 9.64 Å². The highest BCUT2D eigenvalue weighted by Crippen LogP contribution is 2.06. The number of hydrogen-bond acceptors (Lipinski definition) is 5. The van der Waals surface area contributed by atoms with Gasteiger partial charge in [-0.1, -0.05) is 0 Å². The van der Waals surface area contributed by atoms with Gasteiger partial charge in [0.05, 0.1) is 18.5 Å². The lowest BCUT2D eigenvalue weighted by molar-refractivity contribution is -0.143. The molecule has 0 saturated heterocycles. The van der Waals surface area contributed by atoms with E-state index in [2.05, 4.69) is 4.98 Å². The maximum absolute atomic E-state index is 11.9. The van der Waals surface area contributed by atoms with Gasteiger partial charge in [0.25, 0.3) is 5.91 Å². The predicted molar refractivity (Wildman–Crippen MR) is 64.9 cm³/mol. The Balaban J connectivity index is 2.49. The molecule has 0 aliphatic rings. The van der Waals surface area contributed by atoms with E-state index in [1.165, 1.54) is 11.3 Å². The second-order valence-electron chi connectivity index (χ2n) is 3.31. The van der Waals surface area contributed by atoms with Gasteiger partial charge in [0.15, 0.2) is 0 Å². The van der Waals surface area contributed by atoms with Crippen molar-refractivity contribution < 1.29 is 14.3 Å². The van der Waals surface area contributed by atoms with Crippen LogP contribution in [0.1, 0.15) is 30.8 Å². The molecule has 0 bridgehead atoms. The van der Waals surface area contributed by atoms with Crippen LogP contribution in [0.15, 0.2) is 10.9 Å². The standard InChI is InChI=1S/C11H16N2O3S/c1-3-13(6-5-10(14)16-4-2)11(15)9-7-17-8-12-9/h7-8H,3-6H2,1-2H3. The van der Waals surface area contributed by atoms with E-state index in [0.29, 0.717) is 25.4 Å². The third kappa shape index (κ3) is 4.14. The van der Waals surface area contributed by atoms with Crippen molar-refractivity contribution in [2.45, 2.75) is 20.3 Å². The SMILES string of the molecule is CCOC(=O)CCN(CC)C(=O)c1cscn1. The Morgan fingerprint density at radius 2 is 2.24 bits per heavy atom. The average Bonchev–Trinajstić information content (AvgIpc) is 2.83. The van der Waals surface area contributed by atoms with Gasteiger partial charge in [-0.2, -0.15) is 0 Å². The van der Waals surface area contributed by atoms with E-state index in [1.54, 1.807) is 22.7 Å². The van der Waals surface area contributed by atoms with Crippen molar-refractivity contribution in [3.05, 3.63) is 16.6 Å². The number of hydrogen-bond donors (Lipinski definition) is 0. The fourth-order valence-electron chi connectivity index (χ4n) is 1.34. The number of amides is 1. The smallest absolute Gasteiger partial charge is 0.307 e. The lowest BCUT2D eigenvalue weighted by Crippen LogP contribution is -2.33. The molecule has 0 radical (unpaired) electrons. The number of carbonyl (C=O) groups is 2. The molecule has 0 aromatic carbocycles. The van der Waals surface area contributed by atoms with Gasteiger partial charge in [0, 0.05) is 18.5 Å². The van der Waals surface area contributed by atoms with Crippen molar-refractivity contribution >= 4 is 23.2 Å². The number of thiazole rings is 1. The minimum Gasteiger partial charge on any atom is -0.466 e. The zero-order valence-electron chi connectivity index (χ0n) is 10.0. The second-order valence-corrected chi connectivity index (χ2v) is 4.03. The van der Waals surface area contributed by atoms with Crippen LogP contribution < -0.4 is 0 Å². The van der Waals surface area contributed by atoms with Gasteiger partial charge in [0.2, 0.25) is 0 Å². The highest BCUT2D eigenvalue weighted by atomic mass is 32.1. The van der Waals surface area contributed by atoms with E-state index in [1.807, 2.05) is 6.92 Å². The van der Waals surface area contributed by atoms with E-state index < -0.39 is 0 Å². The van der Waals surface area contributed by atoms with Crippen molar-refractivity contribution in [1.29, 1.82) is 0 Å². The van der Waals surface area contributed by atoms with Gasteiger partial charge in [0.1, 0.15) is 5.69 Å². The first kappa shape index (κ1) is 13.6. The molecule has 1 heterocycles. The molecule has 0 unspecified atom stereocenters. The first-order valence-electron chi connectivity index (χ1n) is 5.52. The van der Waals surface area contributed by atoms with Crippen LogP contribution >= 0.6 is 11.3 Å². The van der Waals surface area contributed by atoms with Gasteiger partial charge in [-0.05, 0) is 13.8 Å². The van der Waals surface area contributed by atoms with E-state index >= 15 is 0 Å². The summed E-state index contributed by atoms with van der Waals surface area (Å²) < 4.78 is 4.82. The molecule has 1 aromatic rings. The molecular weight excluding hydrogens is 240 g/mol. The summed E-state index contributed by atoms with van der Waals surface area (Å²) in [6.45, 7) is 4.91. The number of rotatable bonds is 6. The van der Waals surface area contributed by atoms with Crippen molar-refractivity contribution in [2.75, 3.05) is 19.7 Å². The van der Waals surface area contributed by atoms with Crippen molar-refractivity contribution in [3.8, 4) is 0 Å². The molecule has 0 aliphatic carbocycles. The topological polar surface area (TPSA) is 59.5 Å². The van der Waals surface area contributed by atoms with Crippen molar-refractivity contribution in [1.82, 2.24) is 9.88 Å². The van der Waals surface area contributed by atoms with E-state index in [9.17, 15) is 9.59 Å². The quantitative estimate of drug-likeness (QED) is 0.725. The molecule has 17 heavy (non-hydrogen) atoms. The third-order valence-corrected chi connectivity index (χ3v) is 2.80. The Morgan fingerprint density at radius 1 is 1.47 bits per heavy atom. The number of esters is 1. The van der Waals surface area contributed by atoms with Crippen LogP contribution in [-0.4, -0.2) is 41.5 Å². The predicted octanol–water partition coefficient (Wildman–Crippen LogP) is 1.56. The zero-order valence-corrected chi connectivity index (χ0v) is 10.8. The Labute approximate surface area is 104 Å². The van der Waals surface area contributed by atoms with E-state index in [4.69, 9.17) is 4.74 Å². The molecule has 0 aliphatic heterocycles. The Hall–Kier alpha value is -1.43. The summed E-state index contributed by atoms with van der Waals surface area (Å²) in [6, 6.07) is 0. The molecule has 94 valence electrons. The largest absolute Gasteiger partial charge is 0.466 e. The fraction of sp³-hybridized carbons (Fsp3) is 0.545. The number of nitrogens with zero attached hydrogens (tertiary/aromatic N) is 2. The molecule has 0 N–H and O–H groups in total.